The average molecular weight is 395 g/mol. The molecule has 0 radical (unpaired) electrons. The first-order valence-corrected chi connectivity index (χ1v) is 8.82. The monoisotopic (exact) mass is 395 g/mol. The van der Waals surface area contributed by atoms with E-state index < -0.39 is 48.6 Å². The molecule has 0 aliphatic carbocycles. The lowest BCUT2D eigenvalue weighted by Gasteiger charge is -2.43. The number of benzene rings is 1. The lowest BCUT2D eigenvalue weighted by atomic mass is 9.97. The number of carbonyl (C=O) groups is 3. The van der Waals surface area contributed by atoms with Gasteiger partial charge in [-0.3, -0.25) is 14.4 Å². The summed E-state index contributed by atoms with van der Waals surface area (Å²) in [6.07, 6.45) is -4.87. The Bertz CT molecular complexity index is 680. The summed E-state index contributed by atoms with van der Waals surface area (Å²) < 4.78 is 27.2. The number of rotatable bonds is 7. The third kappa shape index (κ3) is 6.29. The summed E-state index contributed by atoms with van der Waals surface area (Å²) in [6.45, 7) is 3.67. The van der Waals surface area contributed by atoms with E-state index in [4.69, 9.17) is 29.4 Å². The first kappa shape index (κ1) is 21.8. The molecule has 0 aromatic heterocycles. The fourth-order valence-electron chi connectivity index (χ4n) is 2.89. The first-order chi connectivity index (χ1) is 13.3. The molecule has 9 nitrogen and oxygen atoms in total. The zero-order chi connectivity index (χ0) is 20.7. The SMILES string of the molecule is CC(=O)OC[C@@H]1O[C@H](N)[C@@H](OC(C)=O)[C@H](OCc2ccccc2)[C@H]1OC(C)=O. The lowest BCUT2D eigenvalue weighted by Crippen LogP contribution is -2.64. The molecule has 0 bridgehead atoms. The van der Waals surface area contributed by atoms with Crippen molar-refractivity contribution in [1.82, 2.24) is 0 Å². The Hall–Kier alpha value is -2.49. The van der Waals surface area contributed by atoms with E-state index in [1.165, 1.54) is 20.8 Å². The van der Waals surface area contributed by atoms with Gasteiger partial charge < -0.3 is 29.4 Å². The Morgan fingerprint density at radius 3 is 2.11 bits per heavy atom. The fourth-order valence-corrected chi connectivity index (χ4v) is 2.89. The minimum Gasteiger partial charge on any atom is -0.463 e. The predicted octanol–water partition coefficient (Wildman–Crippen LogP) is 0.682. The summed E-state index contributed by atoms with van der Waals surface area (Å²) in [5, 5.41) is 0. The summed E-state index contributed by atoms with van der Waals surface area (Å²) in [4.78, 5) is 34.4. The van der Waals surface area contributed by atoms with Crippen LogP contribution in [0.4, 0.5) is 0 Å². The molecule has 0 unspecified atom stereocenters. The van der Waals surface area contributed by atoms with Crippen LogP contribution in [-0.2, 0) is 44.7 Å². The van der Waals surface area contributed by atoms with Gasteiger partial charge in [0.05, 0.1) is 6.61 Å². The Kier molecular flexibility index (Phi) is 7.91. The van der Waals surface area contributed by atoms with Gasteiger partial charge in [-0.1, -0.05) is 30.3 Å². The molecule has 9 heteroatoms. The molecule has 1 aromatic rings. The summed E-state index contributed by atoms with van der Waals surface area (Å²) in [5.74, 6) is -1.70. The second-order valence-electron chi connectivity index (χ2n) is 6.35. The Morgan fingerprint density at radius 1 is 0.929 bits per heavy atom. The van der Waals surface area contributed by atoms with Crippen LogP contribution in [0.2, 0.25) is 0 Å². The van der Waals surface area contributed by atoms with Gasteiger partial charge in [-0.25, -0.2) is 0 Å². The van der Waals surface area contributed by atoms with Crippen LogP contribution in [0.5, 0.6) is 0 Å². The third-order valence-electron chi connectivity index (χ3n) is 4.01. The molecule has 1 heterocycles. The summed E-state index contributed by atoms with van der Waals surface area (Å²) in [6, 6.07) is 9.29. The molecule has 1 saturated heterocycles. The minimum absolute atomic E-state index is 0.161. The van der Waals surface area contributed by atoms with Gasteiger partial charge in [-0.15, -0.1) is 0 Å². The number of esters is 3. The molecule has 0 saturated carbocycles. The largest absolute Gasteiger partial charge is 0.463 e. The van der Waals surface area contributed by atoms with E-state index in [-0.39, 0.29) is 13.2 Å². The fraction of sp³-hybridized carbons (Fsp3) is 0.526. The van der Waals surface area contributed by atoms with Crippen LogP contribution in [0.3, 0.4) is 0 Å². The third-order valence-corrected chi connectivity index (χ3v) is 4.01. The average Bonchev–Trinajstić information content (AvgIpc) is 2.62. The van der Waals surface area contributed by atoms with Crippen molar-refractivity contribution >= 4 is 17.9 Å². The highest BCUT2D eigenvalue weighted by molar-refractivity contribution is 5.67. The van der Waals surface area contributed by atoms with E-state index in [0.717, 1.165) is 5.56 Å². The van der Waals surface area contributed by atoms with Gasteiger partial charge in [0.1, 0.15) is 25.0 Å². The topological polar surface area (TPSA) is 123 Å². The van der Waals surface area contributed by atoms with Crippen molar-refractivity contribution in [2.75, 3.05) is 6.61 Å². The summed E-state index contributed by atoms with van der Waals surface area (Å²) >= 11 is 0. The molecule has 1 aliphatic heterocycles. The van der Waals surface area contributed by atoms with Crippen molar-refractivity contribution < 1.29 is 38.1 Å². The van der Waals surface area contributed by atoms with E-state index in [1.807, 2.05) is 30.3 Å². The van der Waals surface area contributed by atoms with Crippen LogP contribution in [-0.4, -0.2) is 55.2 Å². The van der Waals surface area contributed by atoms with Gasteiger partial charge in [0.15, 0.2) is 12.2 Å². The molecule has 0 amide bonds. The lowest BCUT2D eigenvalue weighted by molar-refractivity contribution is -0.256. The summed E-state index contributed by atoms with van der Waals surface area (Å²) in [5.41, 5.74) is 6.88. The maximum atomic E-state index is 11.6. The Balaban J connectivity index is 2.26. The number of carbonyl (C=O) groups excluding carboxylic acids is 3. The van der Waals surface area contributed by atoms with Gasteiger partial charge in [-0.2, -0.15) is 0 Å². The molecule has 1 aromatic carbocycles. The van der Waals surface area contributed by atoms with Gasteiger partial charge in [-0.05, 0) is 5.56 Å². The Morgan fingerprint density at radius 2 is 1.54 bits per heavy atom. The predicted molar refractivity (Wildman–Crippen MR) is 95.6 cm³/mol. The Labute approximate surface area is 163 Å². The van der Waals surface area contributed by atoms with Crippen molar-refractivity contribution in [3.8, 4) is 0 Å². The molecule has 28 heavy (non-hydrogen) atoms. The van der Waals surface area contributed by atoms with Crippen molar-refractivity contribution in [2.45, 2.75) is 58.0 Å². The van der Waals surface area contributed by atoms with Crippen LogP contribution in [0, 0.1) is 0 Å². The van der Waals surface area contributed by atoms with E-state index in [2.05, 4.69) is 0 Å². The zero-order valence-electron chi connectivity index (χ0n) is 16.0. The van der Waals surface area contributed by atoms with E-state index in [9.17, 15) is 14.4 Å². The molecule has 0 spiro atoms. The van der Waals surface area contributed by atoms with Gasteiger partial charge in [0.2, 0.25) is 0 Å². The van der Waals surface area contributed by atoms with Crippen LogP contribution < -0.4 is 5.73 Å². The highest BCUT2D eigenvalue weighted by atomic mass is 16.6. The minimum atomic E-state index is -1.06. The highest BCUT2D eigenvalue weighted by Gasteiger charge is 2.49. The van der Waals surface area contributed by atoms with Crippen LogP contribution >= 0.6 is 0 Å². The molecule has 154 valence electrons. The van der Waals surface area contributed by atoms with Gasteiger partial charge in [0.25, 0.3) is 0 Å². The van der Waals surface area contributed by atoms with Gasteiger partial charge >= 0.3 is 17.9 Å². The highest BCUT2D eigenvalue weighted by Crippen LogP contribution is 2.28. The second kappa shape index (κ2) is 10.2. The normalized spacial score (nSPS) is 26.9. The number of hydrogen-bond acceptors (Lipinski definition) is 9. The van der Waals surface area contributed by atoms with E-state index in [1.54, 1.807) is 0 Å². The number of hydrogen-bond donors (Lipinski definition) is 1. The van der Waals surface area contributed by atoms with Crippen molar-refractivity contribution in [1.29, 1.82) is 0 Å². The quantitative estimate of drug-likeness (QED) is 0.524. The van der Waals surface area contributed by atoms with E-state index in [0.29, 0.717) is 0 Å². The van der Waals surface area contributed by atoms with Crippen LogP contribution in [0.1, 0.15) is 26.3 Å². The van der Waals surface area contributed by atoms with Crippen molar-refractivity contribution in [2.24, 2.45) is 5.73 Å². The number of nitrogens with two attached hydrogens (primary N) is 1. The second-order valence-corrected chi connectivity index (χ2v) is 6.35. The molecule has 1 aliphatic rings. The maximum Gasteiger partial charge on any atom is 0.303 e. The maximum absolute atomic E-state index is 11.6. The van der Waals surface area contributed by atoms with E-state index >= 15 is 0 Å². The molecular weight excluding hydrogens is 370 g/mol. The molecule has 1 fully saturated rings. The smallest absolute Gasteiger partial charge is 0.303 e. The van der Waals surface area contributed by atoms with Crippen LogP contribution in [0.25, 0.3) is 0 Å². The molecular formula is C19H25NO8. The van der Waals surface area contributed by atoms with Crippen LogP contribution in [0.15, 0.2) is 30.3 Å². The van der Waals surface area contributed by atoms with Crippen molar-refractivity contribution in [3.63, 3.8) is 0 Å². The zero-order valence-corrected chi connectivity index (χ0v) is 16.0. The number of ether oxygens (including phenoxy) is 5. The summed E-state index contributed by atoms with van der Waals surface area (Å²) in [7, 11) is 0. The van der Waals surface area contributed by atoms with Crippen molar-refractivity contribution in [3.05, 3.63) is 35.9 Å². The first-order valence-electron chi connectivity index (χ1n) is 8.82. The molecule has 5 atom stereocenters. The molecule has 2 rings (SSSR count). The molecule has 2 N–H and O–H groups in total. The standard InChI is InChI=1S/C19H25NO8/c1-11(21)24-10-15-16(26-12(2)22)17(18(19(20)28-15)27-13(3)23)25-9-14-7-5-4-6-8-14/h4-8,15-19H,9-10,20H2,1-3H3/t15-,16-,17+,18-,19-/m0/s1. The van der Waals surface area contributed by atoms with Gasteiger partial charge in [0, 0.05) is 20.8 Å².